The average Bonchev–Trinajstić information content (AvgIpc) is 2.59. The van der Waals surface area contributed by atoms with Gasteiger partial charge in [0, 0.05) is 14.1 Å². The Bertz CT molecular complexity index is 446. The first-order valence-corrected chi connectivity index (χ1v) is 4.31. The van der Waals surface area contributed by atoms with Gasteiger partial charge in [0.2, 0.25) is 0 Å². The molecule has 0 amide bonds. The van der Waals surface area contributed by atoms with E-state index in [1.165, 1.54) is 0 Å². The number of hydrogen-bond donors (Lipinski definition) is 1. The van der Waals surface area contributed by atoms with E-state index in [1.807, 2.05) is 31.1 Å². The molecule has 74 valence electrons. The highest BCUT2D eigenvalue weighted by molar-refractivity contribution is 5.44. The summed E-state index contributed by atoms with van der Waals surface area (Å²) in [6.07, 6.45) is 0. The molecule has 0 fully saturated rings. The molecule has 0 aliphatic carbocycles. The van der Waals surface area contributed by atoms with Crippen molar-refractivity contribution < 1.29 is 0 Å². The minimum Gasteiger partial charge on any atom is -0.361 e. The lowest BCUT2D eigenvalue weighted by Crippen LogP contribution is -2.13. The molecule has 0 aliphatic rings. The molecule has 0 saturated heterocycles. The van der Waals surface area contributed by atoms with Crippen LogP contribution in [0, 0.1) is 0 Å². The minimum absolute atomic E-state index is 0.338. The standard InChI is InChI=1S/C8H12N6/c1-13(2)7-4-3-6-10-11-8(5-9)14(6)12-7/h3-4H,5,9H2,1-2H3. The van der Waals surface area contributed by atoms with Gasteiger partial charge in [-0.2, -0.15) is 4.52 Å². The van der Waals surface area contributed by atoms with Crippen LogP contribution in [0.25, 0.3) is 5.65 Å². The summed E-state index contributed by atoms with van der Waals surface area (Å²) in [6.45, 7) is 0.338. The molecule has 0 unspecified atom stereocenters. The van der Waals surface area contributed by atoms with E-state index >= 15 is 0 Å². The quantitative estimate of drug-likeness (QED) is 0.704. The number of aromatic nitrogens is 4. The molecular weight excluding hydrogens is 180 g/mol. The third-order valence-corrected chi connectivity index (χ3v) is 1.95. The molecule has 0 radical (unpaired) electrons. The van der Waals surface area contributed by atoms with Crippen molar-refractivity contribution in [3.63, 3.8) is 0 Å². The Morgan fingerprint density at radius 2 is 2.14 bits per heavy atom. The molecule has 0 bridgehead atoms. The Morgan fingerprint density at radius 3 is 2.79 bits per heavy atom. The first kappa shape index (κ1) is 8.89. The van der Waals surface area contributed by atoms with Crippen LogP contribution in [0.1, 0.15) is 5.82 Å². The Balaban J connectivity index is 2.61. The largest absolute Gasteiger partial charge is 0.361 e. The van der Waals surface area contributed by atoms with Gasteiger partial charge in [-0.3, -0.25) is 0 Å². The van der Waals surface area contributed by atoms with Crippen molar-refractivity contribution in [1.82, 2.24) is 19.8 Å². The molecule has 6 heteroatoms. The molecule has 2 aromatic heterocycles. The maximum absolute atomic E-state index is 5.51. The SMILES string of the molecule is CN(C)c1ccc2nnc(CN)n2n1. The summed E-state index contributed by atoms with van der Waals surface area (Å²) < 4.78 is 1.66. The van der Waals surface area contributed by atoms with Crippen LogP contribution in [0.3, 0.4) is 0 Å². The van der Waals surface area contributed by atoms with E-state index in [1.54, 1.807) is 4.52 Å². The molecule has 0 saturated carbocycles. The lowest BCUT2D eigenvalue weighted by Gasteiger charge is -2.10. The van der Waals surface area contributed by atoms with Gasteiger partial charge in [-0.05, 0) is 12.1 Å². The number of rotatable bonds is 2. The molecule has 0 spiro atoms. The van der Waals surface area contributed by atoms with Crippen molar-refractivity contribution in [3.05, 3.63) is 18.0 Å². The monoisotopic (exact) mass is 192 g/mol. The van der Waals surface area contributed by atoms with E-state index in [-0.39, 0.29) is 0 Å². The minimum atomic E-state index is 0.338. The van der Waals surface area contributed by atoms with Crippen LogP contribution in [-0.4, -0.2) is 33.9 Å². The second-order valence-corrected chi connectivity index (χ2v) is 3.18. The molecule has 0 aliphatic heterocycles. The Kier molecular flexibility index (Phi) is 2.05. The second-order valence-electron chi connectivity index (χ2n) is 3.18. The molecule has 6 nitrogen and oxygen atoms in total. The Labute approximate surface area is 81.3 Å². The van der Waals surface area contributed by atoms with E-state index in [9.17, 15) is 0 Å². The number of anilines is 1. The second kappa shape index (κ2) is 3.22. The van der Waals surface area contributed by atoms with E-state index < -0.39 is 0 Å². The van der Waals surface area contributed by atoms with E-state index in [2.05, 4.69) is 15.3 Å². The van der Waals surface area contributed by atoms with Gasteiger partial charge in [0.25, 0.3) is 0 Å². The van der Waals surface area contributed by atoms with Gasteiger partial charge in [0.15, 0.2) is 11.5 Å². The number of fused-ring (bicyclic) bond motifs is 1. The van der Waals surface area contributed by atoms with Gasteiger partial charge >= 0.3 is 0 Å². The maximum atomic E-state index is 5.51. The number of hydrogen-bond acceptors (Lipinski definition) is 5. The summed E-state index contributed by atoms with van der Waals surface area (Å²) in [7, 11) is 3.86. The Morgan fingerprint density at radius 1 is 1.36 bits per heavy atom. The molecular formula is C8H12N6. The lowest BCUT2D eigenvalue weighted by molar-refractivity contribution is 0.800. The zero-order valence-electron chi connectivity index (χ0n) is 8.18. The first-order valence-electron chi connectivity index (χ1n) is 4.31. The van der Waals surface area contributed by atoms with Crippen LogP contribution in [0.2, 0.25) is 0 Å². The van der Waals surface area contributed by atoms with Gasteiger partial charge in [-0.15, -0.1) is 15.3 Å². The summed E-state index contributed by atoms with van der Waals surface area (Å²) in [6, 6.07) is 3.76. The van der Waals surface area contributed by atoms with Crippen molar-refractivity contribution in [2.75, 3.05) is 19.0 Å². The average molecular weight is 192 g/mol. The summed E-state index contributed by atoms with van der Waals surface area (Å²) in [5.41, 5.74) is 6.23. The summed E-state index contributed by atoms with van der Waals surface area (Å²) in [5.74, 6) is 1.52. The molecule has 2 N–H and O–H groups in total. The molecule has 0 aromatic carbocycles. The maximum Gasteiger partial charge on any atom is 0.178 e. The Hall–Kier alpha value is -1.69. The third kappa shape index (κ3) is 1.29. The zero-order valence-corrected chi connectivity index (χ0v) is 8.18. The van der Waals surface area contributed by atoms with Crippen LogP contribution in [-0.2, 0) is 6.54 Å². The topological polar surface area (TPSA) is 72.3 Å². The predicted octanol–water partition coefficient (Wildman–Crippen LogP) is -0.351. The van der Waals surface area contributed by atoms with Crippen molar-refractivity contribution in [3.8, 4) is 0 Å². The highest BCUT2D eigenvalue weighted by Crippen LogP contribution is 2.08. The van der Waals surface area contributed by atoms with Crippen molar-refractivity contribution in [2.45, 2.75) is 6.54 Å². The fourth-order valence-corrected chi connectivity index (χ4v) is 1.19. The van der Waals surface area contributed by atoms with E-state index in [4.69, 9.17) is 5.73 Å². The zero-order chi connectivity index (χ0) is 10.1. The molecule has 0 atom stereocenters. The number of nitrogens with two attached hydrogens (primary N) is 1. The van der Waals surface area contributed by atoms with Crippen LogP contribution >= 0.6 is 0 Å². The summed E-state index contributed by atoms with van der Waals surface area (Å²) in [5, 5.41) is 12.2. The van der Waals surface area contributed by atoms with Crippen molar-refractivity contribution in [1.29, 1.82) is 0 Å². The van der Waals surface area contributed by atoms with Gasteiger partial charge in [-0.25, -0.2) is 0 Å². The third-order valence-electron chi connectivity index (χ3n) is 1.95. The van der Waals surface area contributed by atoms with Crippen molar-refractivity contribution >= 4 is 11.5 Å². The van der Waals surface area contributed by atoms with Crippen LogP contribution in [0.5, 0.6) is 0 Å². The molecule has 2 heterocycles. The normalized spacial score (nSPS) is 10.8. The van der Waals surface area contributed by atoms with Crippen LogP contribution in [0.4, 0.5) is 5.82 Å². The number of nitrogens with zero attached hydrogens (tertiary/aromatic N) is 5. The summed E-state index contributed by atoms with van der Waals surface area (Å²) in [4.78, 5) is 1.92. The highest BCUT2D eigenvalue weighted by atomic mass is 15.4. The smallest absolute Gasteiger partial charge is 0.178 e. The van der Waals surface area contributed by atoms with Crippen LogP contribution in [0.15, 0.2) is 12.1 Å². The van der Waals surface area contributed by atoms with Crippen LogP contribution < -0.4 is 10.6 Å². The fourth-order valence-electron chi connectivity index (χ4n) is 1.19. The lowest BCUT2D eigenvalue weighted by atomic mass is 10.5. The fraction of sp³-hybridized carbons (Fsp3) is 0.375. The van der Waals surface area contributed by atoms with Crippen molar-refractivity contribution in [2.24, 2.45) is 5.73 Å². The molecule has 2 rings (SSSR count). The molecule has 14 heavy (non-hydrogen) atoms. The van der Waals surface area contributed by atoms with E-state index in [0.29, 0.717) is 12.4 Å². The van der Waals surface area contributed by atoms with Gasteiger partial charge < -0.3 is 10.6 Å². The predicted molar refractivity (Wildman–Crippen MR) is 53.0 cm³/mol. The summed E-state index contributed by atoms with van der Waals surface area (Å²) >= 11 is 0. The van der Waals surface area contributed by atoms with Gasteiger partial charge in [-0.1, -0.05) is 0 Å². The molecule has 2 aromatic rings. The van der Waals surface area contributed by atoms with E-state index in [0.717, 1.165) is 11.5 Å². The first-order chi connectivity index (χ1) is 6.72. The van der Waals surface area contributed by atoms with Gasteiger partial charge in [0.05, 0.1) is 6.54 Å². The van der Waals surface area contributed by atoms with Gasteiger partial charge in [0.1, 0.15) is 5.82 Å². The highest BCUT2D eigenvalue weighted by Gasteiger charge is 2.06.